The van der Waals surface area contributed by atoms with Crippen LogP contribution in [0.25, 0.3) is 0 Å². The Labute approximate surface area is 168 Å². The summed E-state index contributed by atoms with van der Waals surface area (Å²) in [6.07, 6.45) is 6.09. The maximum atomic E-state index is 13.1. The number of rotatable bonds is 7. The number of hydrogen-bond acceptors (Lipinski definition) is 3. The molecule has 5 heteroatoms. The summed E-state index contributed by atoms with van der Waals surface area (Å²) in [4.78, 5) is 27.8. The SMILES string of the molecule is CCc1ccc([C@H]2C[C@@H](C(=O)NCCOC)CN(C(=O)C3CCCC3)C2)cc1. The maximum absolute atomic E-state index is 13.1. The summed E-state index contributed by atoms with van der Waals surface area (Å²) >= 11 is 0. The van der Waals surface area contributed by atoms with E-state index in [2.05, 4.69) is 36.5 Å². The van der Waals surface area contributed by atoms with E-state index in [0.29, 0.717) is 19.7 Å². The van der Waals surface area contributed by atoms with Crippen LogP contribution >= 0.6 is 0 Å². The molecule has 28 heavy (non-hydrogen) atoms. The zero-order chi connectivity index (χ0) is 19.9. The van der Waals surface area contributed by atoms with E-state index in [4.69, 9.17) is 4.74 Å². The van der Waals surface area contributed by atoms with Gasteiger partial charge >= 0.3 is 0 Å². The second kappa shape index (κ2) is 10.1. The molecule has 0 radical (unpaired) electrons. The first-order valence-electron chi connectivity index (χ1n) is 10.8. The third-order valence-corrected chi connectivity index (χ3v) is 6.30. The lowest BCUT2D eigenvalue weighted by molar-refractivity contribution is -0.139. The van der Waals surface area contributed by atoms with E-state index in [1.165, 1.54) is 11.1 Å². The minimum Gasteiger partial charge on any atom is -0.383 e. The number of aryl methyl sites for hydroxylation is 1. The zero-order valence-corrected chi connectivity index (χ0v) is 17.3. The summed E-state index contributed by atoms with van der Waals surface area (Å²) in [6.45, 7) is 4.43. The molecule has 0 bridgehead atoms. The Bertz CT molecular complexity index is 652. The number of likely N-dealkylation sites (tertiary alicyclic amines) is 1. The lowest BCUT2D eigenvalue weighted by Crippen LogP contribution is -2.49. The molecule has 2 amide bonds. The van der Waals surface area contributed by atoms with Gasteiger partial charge in [0.05, 0.1) is 12.5 Å². The molecule has 1 aliphatic heterocycles. The van der Waals surface area contributed by atoms with Crippen LogP contribution in [0.2, 0.25) is 0 Å². The molecule has 1 aliphatic carbocycles. The minimum absolute atomic E-state index is 0.0381. The number of carbonyl (C=O) groups excluding carboxylic acids is 2. The third kappa shape index (κ3) is 5.13. The normalized spacial score (nSPS) is 23.0. The molecule has 5 nitrogen and oxygen atoms in total. The van der Waals surface area contributed by atoms with Gasteiger partial charge in [0.1, 0.15) is 0 Å². The van der Waals surface area contributed by atoms with E-state index < -0.39 is 0 Å². The Balaban J connectivity index is 1.74. The van der Waals surface area contributed by atoms with Gasteiger partial charge in [0.25, 0.3) is 0 Å². The number of ether oxygens (including phenoxy) is 1. The Morgan fingerprint density at radius 2 is 1.82 bits per heavy atom. The van der Waals surface area contributed by atoms with Gasteiger partial charge in [-0.3, -0.25) is 9.59 Å². The number of benzene rings is 1. The van der Waals surface area contributed by atoms with Gasteiger partial charge in [-0.25, -0.2) is 0 Å². The van der Waals surface area contributed by atoms with E-state index in [0.717, 1.165) is 45.1 Å². The first kappa shape index (κ1) is 20.8. The minimum atomic E-state index is -0.160. The van der Waals surface area contributed by atoms with Crippen molar-refractivity contribution in [1.29, 1.82) is 0 Å². The fraction of sp³-hybridized carbons (Fsp3) is 0.652. The van der Waals surface area contributed by atoms with E-state index in [1.54, 1.807) is 7.11 Å². The highest BCUT2D eigenvalue weighted by Crippen LogP contribution is 2.34. The van der Waals surface area contributed by atoms with Gasteiger partial charge in [0.15, 0.2) is 0 Å². The molecule has 0 unspecified atom stereocenters. The Kier molecular flexibility index (Phi) is 7.49. The number of amides is 2. The van der Waals surface area contributed by atoms with Crippen LogP contribution in [0.1, 0.15) is 56.1 Å². The van der Waals surface area contributed by atoms with Gasteiger partial charge in [-0.2, -0.15) is 0 Å². The molecule has 154 valence electrons. The number of nitrogens with zero attached hydrogens (tertiary/aromatic N) is 1. The smallest absolute Gasteiger partial charge is 0.225 e. The van der Waals surface area contributed by atoms with Gasteiger partial charge in [0.2, 0.25) is 11.8 Å². The van der Waals surface area contributed by atoms with E-state index in [-0.39, 0.29) is 29.6 Å². The Hall–Kier alpha value is -1.88. The quantitative estimate of drug-likeness (QED) is 0.733. The van der Waals surface area contributed by atoms with Crippen molar-refractivity contribution in [2.24, 2.45) is 11.8 Å². The molecule has 1 aromatic rings. The highest BCUT2D eigenvalue weighted by Gasteiger charge is 2.37. The summed E-state index contributed by atoms with van der Waals surface area (Å²) < 4.78 is 5.04. The summed E-state index contributed by atoms with van der Waals surface area (Å²) in [5.74, 6) is 0.492. The van der Waals surface area contributed by atoms with Gasteiger partial charge in [-0.15, -0.1) is 0 Å². The highest BCUT2D eigenvalue weighted by atomic mass is 16.5. The lowest BCUT2D eigenvalue weighted by atomic mass is 9.83. The van der Waals surface area contributed by atoms with Crippen molar-refractivity contribution < 1.29 is 14.3 Å². The molecular formula is C23H34N2O3. The number of piperidine rings is 1. The van der Waals surface area contributed by atoms with Gasteiger partial charge in [0, 0.05) is 38.6 Å². The van der Waals surface area contributed by atoms with Crippen LogP contribution in [0.4, 0.5) is 0 Å². The molecule has 1 heterocycles. The molecule has 3 rings (SSSR count). The summed E-state index contributed by atoms with van der Waals surface area (Å²) in [5.41, 5.74) is 2.54. The second-order valence-corrected chi connectivity index (χ2v) is 8.23. The number of carbonyl (C=O) groups is 2. The molecule has 1 aromatic carbocycles. The van der Waals surface area contributed by atoms with Crippen LogP contribution in [0, 0.1) is 11.8 Å². The third-order valence-electron chi connectivity index (χ3n) is 6.30. The second-order valence-electron chi connectivity index (χ2n) is 8.23. The van der Waals surface area contributed by atoms with Crippen LogP contribution in [0.15, 0.2) is 24.3 Å². The summed E-state index contributed by atoms with van der Waals surface area (Å²) in [5, 5.41) is 2.97. The largest absolute Gasteiger partial charge is 0.383 e. The molecule has 1 saturated carbocycles. The number of methoxy groups -OCH3 is 1. The molecule has 2 atom stereocenters. The lowest BCUT2D eigenvalue weighted by Gasteiger charge is -2.38. The summed E-state index contributed by atoms with van der Waals surface area (Å²) in [6, 6.07) is 8.68. The van der Waals surface area contributed by atoms with Crippen molar-refractivity contribution in [3.8, 4) is 0 Å². The van der Waals surface area contributed by atoms with Crippen molar-refractivity contribution >= 4 is 11.8 Å². The van der Waals surface area contributed by atoms with Crippen LogP contribution in [0.3, 0.4) is 0 Å². The van der Waals surface area contributed by atoms with Crippen molar-refractivity contribution in [2.75, 3.05) is 33.4 Å². The average molecular weight is 387 g/mol. The highest BCUT2D eigenvalue weighted by molar-refractivity contribution is 5.82. The van der Waals surface area contributed by atoms with Gasteiger partial charge < -0.3 is 15.0 Å². The molecule has 0 aromatic heterocycles. The monoisotopic (exact) mass is 386 g/mol. The van der Waals surface area contributed by atoms with Crippen LogP contribution in [-0.4, -0.2) is 50.1 Å². The van der Waals surface area contributed by atoms with E-state index >= 15 is 0 Å². The van der Waals surface area contributed by atoms with E-state index in [9.17, 15) is 9.59 Å². The van der Waals surface area contributed by atoms with Crippen molar-refractivity contribution in [3.63, 3.8) is 0 Å². The number of hydrogen-bond donors (Lipinski definition) is 1. The molecular weight excluding hydrogens is 352 g/mol. The standard InChI is InChI=1S/C23H34N2O3/c1-3-17-8-10-18(11-9-17)20-14-21(22(26)24-12-13-28-2)16-25(15-20)23(27)19-6-4-5-7-19/h8-11,19-21H,3-7,12-16H2,1-2H3,(H,24,26)/t20-,21+/m0/s1. The Morgan fingerprint density at radius 1 is 1.11 bits per heavy atom. The van der Waals surface area contributed by atoms with E-state index in [1.807, 2.05) is 4.90 Å². The van der Waals surface area contributed by atoms with Gasteiger partial charge in [-0.1, -0.05) is 44.0 Å². The first-order chi connectivity index (χ1) is 13.6. The average Bonchev–Trinajstić information content (AvgIpc) is 3.28. The fourth-order valence-electron chi connectivity index (χ4n) is 4.59. The van der Waals surface area contributed by atoms with Crippen molar-refractivity contribution in [1.82, 2.24) is 10.2 Å². The van der Waals surface area contributed by atoms with Crippen LogP contribution in [0.5, 0.6) is 0 Å². The van der Waals surface area contributed by atoms with Gasteiger partial charge in [-0.05, 0) is 36.8 Å². The molecule has 1 saturated heterocycles. The topological polar surface area (TPSA) is 58.6 Å². The van der Waals surface area contributed by atoms with Crippen molar-refractivity contribution in [2.45, 2.75) is 51.4 Å². The number of nitrogens with one attached hydrogen (secondary N) is 1. The zero-order valence-electron chi connectivity index (χ0n) is 17.3. The fourth-order valence-corrected chi connectivity index (χ4v) is 4.59. The molecule has 1 N–H and O–H groups in total. The summed E-state index contributed by atoms with van der Waals surface area (Å²) in [7, 11) is 1.63. The predicted molar refractivity (Wildman–Crippen MR) is 110 cm³/mol. The Morgan fingerprint density at radius 3 is 2.46 bits per heavy atom. The molecule has 0 spiro atoms. The predicted octanol–water partition coefficient (Wildman–Crippen LogP) is 3.13. The molecule has 2 aliphatic rings. The molecule has 2 fully saturated rings. The van der Waals surface area contributed by atoms with Crippen LogP contribution in [-0.2, 0) is 20.7 Å². The maximum Gasteiger partial charge on any atom is 0.225 e. The van der Waals surface area contributed by atoms with Crippen LogP contribution < -0.4 is 5.32 Å². The first-order valence-corrected chi connectivity index (χ1v) is 10.8. The van der Waals surface area contributed by atoms with Crippen molar-refractivity contribution in [3.05, 3.63) is 35.4 Å².